The zero-order valence-electron chi connectivity index (χ0n) is 10.5. The molecule has 1 N–H and O–H groups in total. The first-order valence-electron chi connectivity index (χ1n) is 7.12. The number of hydrogen-bond donors (Lipinski definition) is 1. The molecule has 1 aliphatic heterocycles. The molecule has 0 bridgehead atoms. The van der Waals surface area contributed by atoms with Gasteiger partial charge in [0, 0.05) is 24.5 Å². The Bertz CT molecular complexity index is 430. The molecule has 3 aliphatic rings. The van der Waals surface area contributed by atoms with Crippen molar-refractivity contribution in [3.8, 4) is 0 Å². The minimum Gasteiger partial charge on any atom is -0.378 e. The SMILES string of the molecule is C1C[C@H](Nc2nc(C3CC3)no2)[C@@H]2CCO[C@@H]2C1. The second-order valence-electron chi connectivity index (χ2n) is 5.78. The van der Waals surface area contributed by atoms with Crippen LogP contribution in [0.4, 0.5) is 6.01 Å². The second kappa shape index (κ2) is 4.23. The summed E-state index contributed by atoms with van der Waals surface area (Å²) < 4.78 is 11.1. The third kappa shape index (κ3) is 1.90. The van der Waals surface area contributed by atoms with Gasteiger partial charge in [0.2, 0.25) is 0 Å². The van der Waals surface area contributed by atoms with Gasteiger partial charge in [0.25, 0.3) is 0 Å². The zero-order valence-corrected chi connectivity index (χ0v) is 10.5. The Balaban J connectivity index is 1.45. The van der Waals surface area contributed by atoms with E-state index in [4.69, 9.17) is 9.26 Å². The van der Waals surface area contributed by atoms with Crippen LogP contribution in [0, 0.1) is 5.92 Å². The Kier molecular flexibility index (Phi) is 2.53. The zero-order chi connectivity index (χ0) is 11.9. The summed E-state index contributed by atoms with van der Waals surface area (Å²) in [6.45, 7) is 0.907. The molecule has 0 radical (unpaired) electrons. The van der Waals surface area contributed by atoms with E-state index in [9.17, 15) is 0 Å². The largest absolute Gasteiger partial charge is 0.378 e. The molecule has 0 amide bonds. The molecular weight excluding hydrogens is 230 g/mol. The van der Waals surface area contributed by atoms with Crippen LogP contribution in [0.15, 0.2) is 4.52 Å². The van der Waals surface area contributed by atoms with Gasteiger partial charge in [-0.3, -0.25) is 0 Å². The van der Waals surface area contributed by atoms with Crippen LogP contribution in [0.5, 0.6) is 0 Å². The standard InChI is InChI=1S/C13H19N3O2/c1-2-10(9-6-7-17-11(9)3-1)14-13-15-12(16-18-13)8-4-5-8/h8-11H,1-7H2,(H,14,15,16)/t9-,10-,11+/m0/s1. The highest BCUT2D eigenvalue weighted by Crippen LogP contribution is 2.39. The average molecular weight is 249 g/mol. The number of ether oxygens (including phenoxy) is 1. The van der Waals surface area contributed by atoms with Crippen LogP contribution >= 0.6 is 0 Å². The Morgan fingerprint density at radius 2 is 2.06 bits per heavy atom. The molecule has 2 heterocycles. The van der Waals surface area contributed by atoms with Crippen LogP contribution in [0.3, 0.4) is 0 Å². The minimum absolute atomic E-state index is 0.443. The molecule has 3 fully saturated rings. The number of fused-ring (bicyclic) bond motifs is 1. The maximum atomic E-state index is 5.77. The van der Waals surface area contributed by atoms with Crippen LogP contribution in [0.1, 0.15) is 50.3 Å². The lowest BCUT2D eigenvalue weighted by Crippen LogP contribution is -2.38. The van der Waals surface area contributed by atoms with Crippen LogP contribution in [0.25, 0.3) is 0 Å². The summed E-state index contributed by atoms with van der Waals surface area (Å²) in [5, 5.41) is 7.48. The molecule has 1 aromatic heterocycles. The monoisotopic (exact) mass is 249 g/mol. The Labute approximate surface area is 106 Å². The van der Waals surface area contributed by atoms with E-state index in [1.807, 2.05) is 0 Å². The van der Waals surface area contributed by atoms with E-state index >= 15 is 0 Å². The van der Waals surface area contributed by atoms with Gasteiger partial charge in [-0.05, 0) is 38.5 Å². The maximum absolute atomic E-state index is 5.77. The van der Waals surface area contributed by atoms with E-state index in [1.54, 1.807) is 0 Å². The molecule has 2 aliphatic carbocycles. The van der Waals surface area contributed by atoms with Crippen molar-refractivity contribution in [2.24, 2.45) is 5.92 Å². The molecule has 1 aromatic rings. The van der Waals surface area contributed by atoms with E-state index in [0.29, 0.717) is 30.0 Å². The number of nitrogens with one attached hydrogen (secondary N) is 1. The van der Waals surface area contributed by atoms with E-state index in [2.05, 4.69) is 15.5 Å². The molecule has 98 valence electrons. The fourth-order valence-corrected chi connectivity index (χ4v) is 3.31. The highest BCUT2D eigenvalue weighted by Gasteiger charge is 2.38. The summed E-state index contributed by atoms with van der Waals surface area (Å²) in [6.07, 6.45) is 7.64. The van der Waals surface area contributed by atoms with Gasteiger partial charge in [0.05, 0.1) is 6.10 Å². The normalized spacial score (nSPS) is 35.4. The van der Waals surface area contributed by atoms with Gasteiger partial charge in [-0.2, -0.15) is 4.98 Å². The molecule has 4 rings (SSSR count). The third-order valence-corrected chi connectivity index (χ3v) is 4.47. The summed E-state index contributed by atoms with van der Waals surface area (Å²) in [6, 6.07) is 1.05. The van der Waals surface area contributed by atoms with Gasteiger partial charge in [-0.1, -0.05) is 5.16 Å². The molecule has 0 spiro atoms. The van der Waals surface area contributed by atoms with E-state index in [0.717, 1.165) is 18.9 Å². The molecular formula is C13H19N3O2. The van der Waals surface area contributed by atoms with Crippen molar-refractivity contribution in [1.82, 2.24) is 10.1 Å². The first kappa shape index (κ1) is 10.8. The van der Waals surface area contributed by atoms with Crippen molar-refractivity contribution in [2.75, 3.05) is 11.9 Å². The van der Waals surface area contributed by atoms with Gasteiger partial charge in [0.1, 0.15) is 0 Å². The lowest BCUT2D eigenvalue weighted by molar-refractivity contribution is 0.0616. The van der Waals surface area contributed by atoms with E-state index in [-0.39, 0.29) is 0 Å². The molecule has 18 heavy (non-hydrogen) atoms. The second-order valence-corrected chi connectivity index (χ2v) is 5.78. The number of hydrogen-bond acceptors (Lipinski definition) is 5. The fourth-order valence-electron chi connectivity index (χ4n) is 3.31. The van der Waals surface area contributed by atoms with Crippen LogP contribution in [-0.2, 0) is 4.74 Å². The van der Waals surface area contributed by atoms with Crippen molar-refractivity contribution < 1.29 is 9.26 Å². The van der Waals surface area contributed by atoms with Crippen molar-refractivity contribution >= 4 is 6.01 Å². The summed E-state index contributed by atoms with van der Waals surface area (Å²) in [5.41, 5.74) is 0. The third-order valence-electron chi connectivity index (χ3n) is 4.47. The molecule has 3 atom stereocenters. The van der Waals surface area contributed by atoms with Crippen LogP contribution < -0.4 is 5.32 Å². The van der Waals surface area contributed by atoms with Gasteiger partial charge < -0.3 is 14.6 Å². The van der Waals surface area contributed by atoms with Crippen LogP contribution in [-0.4, -0.2) is 28.9 Å². The van der Waals surface area contributed by atoms with Crippen molar-refractivity contribution in [1.29, 1.82) is 0 Å². The van der Waals surface area contributed by atoms with Gasteiger partial charge in [-0.15, -0.1) is 0 Å². The molecule has 0 unspecified atom stereocenters. The first-order valence-corrected chi connectivity index (χ1v) is 7.12. The fraction of sp³-hybridized carbons (Fsp3) is 0.846. The predicted molar refractivity (Wildman–Crippen MR) is 65.4 cm³/mol. The lowest BCUT2D eigenvalue weighted by atomic mass is 9.82. The summed E-state index contributed by atoms with van der Waals surface area (Å²) >= 11 is 0. The molecule has 0 aromatic carbocycles. The average Bonchev–Trinajstić information content (AvgIpc) is 2.94. The maximum Gasteiger partial charge on any atom is 0.321 e. The van der Waals surface area contributed by atoms with Gasteiger partial charge in [0.15, 0.2) is 5.82 Å². The minimum atomic E-state index is 0.443. The smallest absolute Gasteiger partial charge is 0.321 e. The number of aromatic nitrogens is 2. The lowest BCUT2D eigenvalue weighted by Gasteiger charge is -2.32. The van der Waals surface area contributed by atoms with Gasteiger partial charge in [-0.25, -0.2) is 0 Å². The number of rotatable bonds is 3. The number of anilines is 1. The molecule has 2 saturated carbocycles. The van der Waals surface area contributed by atoms with E-state index in [1.165, 1.54) is 32.1 Å². The van der Waals surface area contributed by atoms with Crippen molar-refractivity contribution in [3.05, 3.63) is 5.82 Å². The summed E-state index contributed by atoms with van der Waals surface area (Å²) in [7, 11) is 0. The molecule has 1 saturated heterocycles. The summed E-state index contributed by atoms with van der Waals surface area (Å²) in [4.78, 5) is 4.45. The topological polar surface area (TPSA) is 60.2 Å². The van der Waals surface area contributed by atoms with Crippen molar-refractivity contribution in [2.45, 2.75) is 56.6 Å². The molecule has 5 nitrogen and oxygen atoms in total. The predicted octanol–water partition coefficient (Wildman–Crippen LogP) is 2.32. The summed E-state index contributed by atoms with van der Waals surface area (Å²) in [5.74, 6) is 2.06. The quantitative estimate of drug-likeness (QED) is 0.890. The number of nitrogens with zero attached hydrogens (tertiary/aromatic N) is 2. The Morgan fingerprint density at radius 1 is 1.11 bits per heavy atom. The van der Waals surface area contributed by atoms with Gasteiger partial charge >= 0.3 is 6.01 Å². The Hall–Kier alpha value is -1.10. The Morgan fingerprint density at radius 3 is 2.94 bits per heavy atom. The molecule has 5 heteroatoms. The highest BCUT2D eigenvalue weighted by atomic mass is 16.5. The van der Waals surface area contributed by atoms with Crippen molar-refractivity contribution in [3.63, 3.8) is 0 Å². The first-order chi connectivity index (χ1) is 8.90. The highest BCUT2D eigenvalue weighted by molar-refractivity contribution is 5.24. The van der Waals surface area contributed by atoms with E-state index < -0.39 is 0 Å². The van der Waals surface area contributed by atoms with Crippen LogP contribution in [0.2, 0.25) is 0 Å².